The highest BCUT2D eigenvalue weighted by Gasteiger charge is 2.42. The van der Waals surface area contributed by atoms with E-state index in [2.05, 4.69) is 6.92 Å². The van der Waals surface area contributed by atoms with Gasteiger partial charge in [0.05, 0.1) is 0 Å². The van der Waals surface area contributed by atoms with E-state index in [1.807, 2.05) is 6.92 Å². The Morgan fingerprint density at radius 2 is 2.09 bits per heavy atom. The summed E-state index contributed by atoms with van der Waals surface area (Å²) in [6.07, 6.45) is 1.81. The van der Waals surface area contributed by atoms with Gasteiger partial charge in [0, 0.05) is 6.42 Å². The summed E-state index contributed by atoms with van der Waals surface area (Å²) in [6, 6.07) is 3.52. The molecule has 0 N–H and O–H groups in total. The van der Waals surface area contributed by atoms with Crippen molar-refractivity contribution >= 4 is 14.3 Å². The lowest BCUT2D eigenvalue weighted by Crippen LogP contribution is -2.45. The van der Waals surface area contributed by atoms with E-state index in [-0.39, 0.29) is 5.97 Å². The second-order valence-corrected chi connectivity index (χ2v) is 7.49. The standard InChI is InChI=1S/C8H16O2Si/c1-3-8(9)10-11(4-2)6-5-7-11/h3-7H2,1-2H3. The summed E-state index contributed by atoms with van der Waals surface area (Å²) in [5.41, 5.74) is 0. The molecule has 0 aliphatic carbocycles. The van der Waals surface area contributed by atoms with Crippen molar-refractivity contribution < 1.29 is 9.22 Å². The Balaban J connectivity index is 2.38. The minimum atomic E-state index is -1.45. The maximum absolute atomic E-state index is 11.0. The van der Waals surface area contributed by atoms with Gasteiger partial charge in [0.25, 0.3) is 14.3 Å². The van der Waals surface area contributed by atoms with Gasteiger partial charge >= 0.3 is 0 Å². The normalized spacial score (nSPS) is 20.5. The van der Waals surface area contributed by atoms with Crippen LogP contribution in [0, 0.1) is 0 Å². The van der Waals surface area contributed by atoms with Crippen LogP contribution >= 0.6 is 0 Å². The van der Waals surface area contributed by atoms with Crippen LogP contribution < -0.4 is 0 Å². The van der Waals surface area contributed by atoms with Crippen LogP contribution in [0.3, 0.4) is 0 Å². The monoisotopic (exact) mass is 172 g/mol. The summed E-state index contributed by atoms with van der Waals surface area (Å²) >= 11 is 0. The zero-order valence-electron chi connectivity index (χ0n) is 7.35. The predicted octanol–water partition coefficient (Wildman–Crippen LogP) is 2.31. The fourth-order valence-electron chi connectivity index (χ4n) is 1.41. The van der Waals surface area contributed by atoms with Crippen molar-refractivity contribution in [2.45, 2.75) is 44.8 Å². The largest absolute Gasteiger partial charge is 0.519 e. The molecule has 0 bridgehead atoms. The molecule has 1 aliphatic heterocycles. The van der Waals surface area contributed by atoms with Gasteiger partial charge in [-0.25, -0.2) is 0 Å². The lowest BCUT2D eigenvalue weighted by atomic mass is 10.5. The van der Waals surface area contributed by atoms with Gasteiger partial charge < -0.3 is 4.43 Å². The molecule has 1 fully saturated rings. The number of carbonyl (C=O) groups excluding carboxylic acids is 1. The Bertz CT molecular complexity index is 147. The van der Waals surface area contributed by atoms with E-state index < -0.39 is 8.32 Å². The number of hydrogen-bond acceptors (Lipinski definition) is 2. The Labute approximate surface area is 69.1 Å². The lowest BCUT2D eigenvalue weighted by molar-refractivity contribution is -0.135. The molecule has 0 saturated carbocycles. The van der Waals surface area contributed by atoms with Crippen molar-refractivity contribution in [1.82, 2.24) is 0 Å². The maximum atomic E-state index is 11.0. The predicted molar refractivity (Wildman–Crippen MR) is 46.8 cm³/mol. The third-order valence-electron chi connectivity index (χ3n) is 2.53. The van der Waals surface area contributed by atoms with E-state index in [0.717, 1.165) is 6.04 Å². The van der Waals surface area contributed by atoms with E-state index in [1.54, 1.807) is 0 Å². The summed E-state index contributed by atoms with van der Waals surface area (Å²) < 4.78 is 5.47. The molecule has 0 aromatic rings. The van der Waals surface area contributed by atoms with Crippen LogP contribution in [-0.4, -0.2) is 14.3 Å². The third-order valence-corrected chi connectivity index (χ3v) is 7.01. The van der Waals surface area contributed by atoms with Gasteiger partial charge in [0.15, 0.2) is 0 Å². The molecule has 0 amide bonds. The van der Waals surface area contributed by atoms with Gasteiger partial charge in [-0.15, -0.1) is 0 Å². The molecule has 1 rings (SSSR count). The first-order chi connectivity index (χ1) is 5.22. The molecule has 1 aliphatic rings. The Morgan fingerprint density at radius 3 is 2.36 bits per heavy atom. The highest BCUT2D eigenvalue weighted by molar-refractivity contribution is 6.77. The average Bonchev–Trinajstić information content (AvgIpc) is 1.96. The lowest BCUT2D eigenvalue weighted by Gasteiger charge is -2.37. The molecule has 1 heterocycles. The average molecular weight is 172 g/mol. The minimum absolute atomic E-state index is 0.0122. The number of rotatable bonds is 3. The number of hydrogen-bond donors (Lipinski definition) is 0. The quantitative estimate of drug-likeness (QED) is 0.611. The summed E-state index contributed by atoms with van der Waals surface area (Å²) in [4.78, 5) is 11.0. The molecule has 1 saturated heterocycles. The van der Waals surface area contributed by atoms with Crippen molar-refractivity contribution in [3.8, 4) is 0 Å². The van der Waals surface area contributed by atoms with Crippen LogP contribution in [0.5, 0.6) is 0 Å². The van der Waals surface area contributed by atoms with Crippen LogP contribution in [-0.2, 0) is 9.22 Å². The van der Waals surface area contributed by atoms with E-state index >= 15 is 0 Å². The molecular formula is C8H16O2Si. The molecule has 0 unspecified atom stereocenters. The van der Waals surface area contributed by atoms with Crippen molar-refractivity contribution in [2.24, 2.45) is 0 Å². The summed E-state index contributed by atoms with van der Waals surface area (Å²) in [7, 11) is -1.45. The van der Waals surface area contributed by atoms with Crippen LogP contribution in [0.25, 0.3) is 0 Å². The Hall–Kier alpha value is -0.313. The molecule has 0 radical (unpaired) electrons. The van der Waals surface area contributed by atoms with Gasteiger partial charge in [0.2, 0.25) is 0 Å². The molecule has 0 aromatic carbocycles. The molecule has 64 valence electrons. The Kier molecular flexibility index (Phi) is 2.71. The highest BCUT2D eigenvalue weighted by atomic mass is 28.4. The first-order valence-corrected chi connectivity index (χ1v) is 6.97. The van der Waals surface area contributed by atoms with Crippen LogP contribution in [0.4, 0.5) is 0 Å². The van der Waals surface area contributed by atoms with Crippen LogP contribution in [0.1, 0.15) is 26.7 Å². The van der Waals surface area contributed by atoms with E-state index in [4.69, 9.17) is 4.43 Å². The van der Waals surface area contributed by atoms with Crippen molar-refractivity contribution in [2.75, 3.05) is 0 Å². The van der Waals surface area contributed by atoms with E-state index in [9.17, 15) is 4.79 Å². The van der Waals surface area contributed by atoms with Gasteiger partial charge in [-0.3, -0.25) is 4.79 Å². The zero-order chi connectivity index (χ0) is 8.32. The second kappa shape index (κ2) is 3.39. The van der Waals surface area contributed by atoms with Gasteiger partial charge in [-0.1, -0.05) is 20.3 Å². The molecule has 11 heavy (non-hydrogen) atoms. The maximum Gasteiger partial charge on any atom is 0.292 e. The molecule has 0 atom stereocenters. The topological polar surface area (TPSA) is 26.3 Å². The summed E-state index contributed by atoms with van der Waals surface area (Å²) in [5, 5.41) is 0. The molecule has 0 aromatic heterocycles. The molecular weight excluding hydrogens is 156 g/mol. The van der Waals surface area contributed by atoms with Gasteiger partial charge in [-0.2, -0.15) is 0 Å². The van der Waals surface area contributed by atoms with Crippen molar-refractivity contribution in [3.63, 3.8) is 0 Å². The van der Waals surface area contributed by atoms with Crippen LogP contribution in [0.2, 0.25) is 18.1 Å². The molecule has 3 heteroatoms. The van der Waals surface area contributed by atoms with E-state index in [0.29, 0.717) is 6.42 Å². The van der Waals surface area contributed by atoms with Crippen molar-refractivity contribution in [1.29, 1.82) is 0 Å². The third kappa shape index (κ3) is 1.83. The smallest absolute Gasteiger partial charge is 0.292 e. The SMILES string of the molecule is CCC(=O)O[Si]1(CC)CCC1. The number of carbonyl (C=O) groups is 1. The Morgan fingerprint density at radius 1 is 1.45 bits per heavy atom. The van der Waals surface area contributed by atoms with Gasteiger partial charge in [0.1, 0.15) is 0 Å². The molecule has 2 nitrogen and oxygen atoms in total. The first kappa shape index (κ1) is 8.78. The summed E-state index contributed by atoms with van der Waals surface area (Å²) in [6.45, 7) is 4.01. The highest BCUT2D eigenvalue weighted by Crippen LogP contribution is 2.36. The van der Waals surface area contributed by atoms with Crippen molar-refractivity contribution in [3.05, 3.63) is 0 Å². The second-order valence-electron chi connectivity index (χ2n) is 3.22. The fraction of sp³-hybridized carbons (Fsp3) is 0.875. The van der Waals surface area contributed by atoms with E-state index in [1.165, 1.54) is 18.5 Å². The first-order valence-electron chi connectivity index (χ1n) is 4.44. The van der Waals surface area contributed by atoms with Gasteiger partial charge in [-0.05, 0) is 18.1 Å². The van der Waals surface area contributed by atoms with Crippen LogP contribution in [0.15, 0.2) is 0 Å². The zero-order valence-corrected chi connectivity index (χ0v) is 8.35. The summed E-state index contributed by atoms with van der Waals surface area (Å²) in [5.74, 6) is 0.0122. The molecule has 0 spiro atoms. The fourth-order valence-corrected chi connectivity index (χ4v) is 4.24. The minimum Gasteiger partial charge on any atom is -0.519 e.